The van der Waals surface area contributed by atoms with E-state index in [0.29, 0.717) is 12.8 Å². The zero-order valence-electron chi connectivity index (χ0n) is 34.5. The summed E-state index contributed by atoms with van der Waals surface area (Å²) in [6.07, 6.45) is -8.22. The second kappa shape index (κ2) is 14.7. The van der Waals surface area contributed by atoms with Crippen molar-refractivity contribution in [3.8, 4) is 0 Å². The number of rotatable bonds is 7. The summed E-state index contributed by atoms with van der Waals surface area (Å²) in [5.74, 6) is -0.399. The molecule has 320 valence electrons. The Labute approximate surface area is 330 Å². The van der Waals surface area contributed by atoms with Crippen LogP contribution in [0.3, 0.4) is 0 Å². The van der Waals surface area contributed by atoms with Gasteiger partial charge in [-0.05, 0) is 100 Å². The number of aliphatic hydroxyl groups is 7. The molecule has 0 spiro atoms. The van der Waals surface area contributed by atoms with Crippen LogP contribution in [-0.4, -0.2) is 134 Å². The minimum atomic E-state index is -1.61. The first-order valence-corrected chi connectivity index (χ1v) is 20.9. The van der Waals surface area contributed by atoms with Gasteiger partial charge in [0.05, 0.1) is 24.7 Å². The van der Waals surface area contributed by atoms with Crippen molar-refractivity contribution in [2.45, 2.75) is 193 Å². The fourth-order valence-electron chi connectivity index (χ4n) is 13.2. The van der Waals surface area contributed by atoms with E-state index in [1.54, 1.807) is 0 Å². The van der Waals surface area contributed by atoms with Gasteiger partial charge in [-0.2, -0.15) is 0 Å². The van der Waals surface area contributed by atoms with Crippen LogP contribution in [0.1, 0.15) is 107 Å². The number of carbonyl (C=O) groups excluding carboxylic acids is 1. The van der Waals surface area contributed by atoms with Crippen LogP contribution in [0, 0.1) is 45.3 Å². The van der Waals surface area contributed by atoms with Crippen LogP contribution in [0.4, 0.5) is 0 Å². The molecule has 0 aromatic heterocycles. The van der Waals surface area contributed by atoms with E-state index in [-0.39, 0.29) is 47.3 Å². The fourth-order valence-corrected chi connectivity index (χ4v) is 13.2. The molecule has 0 aromatic carbocycles. The minimum absolute atomic E-state index is 0.105. The molecule has 56 heavy (non-hydrogen) atoms. The van der Waals surface area contributed by atoms with E-state index < -0.39 is 96.2 Å². The molecule has 0 aromatic rings. The Bertz CT molecular complexity index is 1500. The molecule has 0 bridgehead atoms. The first kappa shape index (κ1) is 42.8. The topological polar surface area (TPSA) is 214 Å². The molecule has 0 unspecified atom stereocenters. The zero-order chi connectivity index (χ0) is 41.1. The van der Waals surface area contributed by atoms with E-state index in [4.69, 9.17) is 28.4 Å². The molecular formula is C42H68O14. The summed E-state index contributed by atoms with van der Waals surface area (Å²) in [4.78, 5) is 13.7. The van der Waals surface area contributed by atoms with Crippen molar-refractivity contribution in [2.75, 3.05) is 6.61 Å². The molecule has 3 aliphatic carbocycles. The van der Waals surface area contributed by atoms with E-state index in [0.717, 1.165) is 37.7 Å². The van der Waals surface area contributed by atoms with Gasteiger partial charge in [0.25, 0.3) is 0 Å². The number of aliphatic hydroxyl groups excluding tert-OH is 7. The van der Waals surface area contributed by atoms with E-state index in [2.05, 4.69) is 40.7 Å². The van der Waals surface area contributed by atoms with Crippen molar-refractivity contribution in [3.63, 3.8) is 0 Å². The van der Waals surface area contributed by atoms with Gasteiger partial charge in [0.15, 0.2) is 18.9 Å². The number of allylic oxidation sites excluding steroid dienone is 1. The van der Waals surface area contributed by atoms with Gasteiger partial charge in [0.1, 0.15) is 54.4 Å². The predicted molar refractivity (Wildman–Crippen MR) is 199 cm³/mol. The quantitative estimate of drug-likeness (QED) is 0.112. The Kier molecular flexibility index (Phi) is 11.3. The van der Waals surface area contributed by atoms with Crippen molar-refractivity contribution in [1.29, 1.82) is 0 Å². The highest BCUT2D eigenvalue weighted by Crippen LogP contribution is 2.75. The molecule has 4 aliphatic heterocycles. The fraction of sp³-hybridized carbons (Fsp3) is 0.929. The molecule has 4 saturated heterocycles. The SMILES string of the molecule is CC(C)=CC[C@H]1OC(=O)[C@H]2[C@H]3CC[C@@H]4[C@@]5(C)CC[C@H](O[C@@H]6O[C@H](CO[C@@H]7O[C@@H](C)[C@H](O)[C@@H](O)[C@H]7O)[C@@H](O)[C@H](O)[C@H]6O)C(C)(C)[C@@H]5CC[C@@]4(C)[C@]3(C)[C@@H](O)O[C@@]12C. The number of hydrogen-bond donors (Lipinski definition) is 7. The first-order valence-electron chi connectivity index (χ1n) is 20.9. The van der Waals surface area contributed by atoms with Crippen LogP contribution in [0.5, 0.6) is 0 Å². The minimum Gasteiger partial charge on any atom is -0.459 e. The molecule has 7 rings (SSSR count). The van der Waals surface area contributed by atoms with Gasteiger partial charge in [0.2, 0.25) is 0 Å². The zero-order valence-corrected chi connectivity index (χ0v) is 34.5. The molecule has 0 radical (unpaired) electrons. The maximum atomic E-state index is 13.7. The second-order valence-electron chi connectivity index (χ2n) is 20.1. The summed E-state index contributed by atoms with van der Waals surface area (Å²) in [5, 5.41) is 75.6. The van der Waals surface area contributed by atoms with Gasteiger partial charge in [-0.15, -0.1) is 0 Å². The highest BCUT2D eigenvalue weighted by Gasteiger charge is 2.75. The molecule has 14 heteroatoms. The number of esters is 1. The van der Waals surface area contributed by atoms with E-state index in [1.165, 1.54) is 6.92 Å². The maximum Gasteiger partial charge on any atom is 0.312 e. The standard InChI is InChI=1S/C42H68O14/c1-19(2)10-13-26-42(9)27(34(49)54-26)21-11-12-24-39(6)16-15-25(38(4,5)23(39)14-17-40(24,7)41(21,8)37(50)56-42)55-36-33(48)31(46)29(44)22(53-36)18-51-35-32(47)30(45)28(43)20(3)52-35/h10,20-33,35-37,43-48,50H,11-18H2,1-9H3/t20-,21+,22+,23-,24+,25-,26+,27+,28-,29+,30+,31-,32+,33+,35+,36-,37-,39-,40+,41-,42-/m0/s1. The molecule has 7 aliphatic rings. The lowest BCUT2D eigenvalue weighted by Gasteiger charge is -2.72. The van der Waals surface area contributed by atoms with Gasteiger partial charge in [-0.1, -0.05) is 46.3 Å². The van der Waals surface area contributed by atoms with Crippen LogP contribution in [0.25, 0.3) is 0 Å². The van der Waals surface area contributed by atoms with Crippen molar-refractivity contribution in [2.24, 2.45) is 45.3 Å². The van der Waals surface area contributed by atoms with E-state index in [1.807, 2.05) is 20.8 Å². The van der Waals surface area contributed by atoms with Crippen molar-refractivity contribution >= 4 is 5.97 Å². The number of carbonyl (C=O) groups is 1. The average molecular weight is 797 g/mol. The second-order valence-corrected chi connectivity index (χ2v) is 20.1. The Hall–Kier alpha value is -1.27. The van der Waals surface area contributed by atoms with Gasteiger partial charge in [0, 0.05) is 11.8 Å². The molecule has 3 saturated carbocycles. The molecule has 4 heterocycles. The highest BCUT2D eigenvalue weighted by atomic mass is 16.7. The number of cyclic esters (lactones) is 1. The summed E-state index contributed by atoms with van der Waals surface area (Å²) in [6, 6.07) is 0. The monoisotopic (exact) mass is 796 g/mol. The van der Waals surface area contributed by atoms with Crippen LogP contribution >= 0.6 is 0 Å². The molecule has 7 fully saturated rings. The third-order valence-corrected chi connectivity index (χ3v) is 16.7. The van der Waals surface area contributed by atoms with Crippen molar-refractivity contribution in [3.05, 3.63) is 11.6 Å². The maximum absolute atomic E-state index is 13.7. The normalized spacial score (nSPS) is 55.2. The van der Waals surface area contributed by atoms with Gasteiger partial charge in [-0.25, -0.2) is 0 Å². The molecule has 7 N–H and O–H groups in total. The summed E-state index contributed by atoms with van der Waals surface area (Å²) in [5.41, 5.74) is -1.40. The largest absolute Gasteiger partial charge is 0.459 e. The molecule has 14 nitrogen and oxygen atoms in total. The van der Waals surface area contributed by atoms with Gasteiger partial charge in [-0.3, -0.25) is 4.79 Å². The third kappa shape index (κ3) is 6.29. The first-order chi connectivity index (χ1) is 26.0. The van der Waals surface area contributed by atoms with Crippen LogP contribution < -0.4 is 0 Å². The van der Waals surface area contributed by atoms with Crippen LogP contribution in [0.15, 0.2) is 11.6 Å². The van der Waals surface area contributed by atoms with E-state index in [9.17, 15) is 40.5 Å². The Balaban J connectivity index is 1.07. The highest BCUT2D eigenvalue weighted by molar-refractivity contribution is 5.78. The predicted octanol–water partition coefficient (Wildman–Crippen LogP) is 2.30. The summed E-state index contributed by atoms with van der Waals surface area (Å²) >= 11 is 0. The molecular weight excluding hydrogens is 728 g/mol. The van der Waals surface area contributed by atoms with E-state index >= 15 is 0 Å². The average Bonchev–Trinajstić information content (AvgIpc) is 3.37. The number of fused-ring (bicyclic) bond motifs is 7. The van der Waals surface area contributed by atoms with Crippen molar-refractivity contribution < 1.29 is 69.0 Å². The van der Waals surface area contributed by atoms with Crippen LogP contribution in [0.2, 0.25) is 0 Å². The Morgan fingerprint density at radius 3 is 2.12 bits per heavy atom. The summed E-state index contributed by atoms with van der Waals surface area (Å²) < 4.78 is 36.6. The molecule has 0 amide bonds. The number of hydrogen-bond acceptors (Lipinski definition) is 14. The lowest BCUT2D eigenvalue weighted by Crippen LogP contribution is -2.72. The smallest absolute Gasteiger partial charge is 0.312 e. The Morgan fingerprint density at radius 1 is 0.786 bits per heavy atom. The summed E-state index contributed by atoms with van der Waals surface area (Å²) in [7, 11) is 0. The van der Waals surface area contributed by atoms with Crippen molar-refractivity contribution in [1.82, 2.24) is 0 Å². The third-order valence-electron chi connectivity index (χ3n) is 16.7. The lowest BCUT2D eigenvalue weighted by atomic mass is 9.34. The van der Waals surface area contributed by atoms with Gasteiger partial charge >= 0.3 is 5.97 Å². The lowest BCUT2D eigenvalue weighted by molar-refractivity contribution is -0.364. The molecule has 21 atom stereocenters. The van der Waals surface area contributed by atoms with Gasteiger partial charge < -0.3 is 64.2 Å². The summed E-state index contributed by atoms with van der Waals surface area (Å²) in [6.45, 7) is 18.3. The van der Waals surface area contributed by atoms with Crippen LogP contribution in [-0.2, 0) is 33.2 Å². The number of ether oxygens (including phenoxy) is 6. The Morgan fingerprint density at radius 2 is 1.45 bits per heavy atom.